The van der Waals surface area contributed by atoms with Crippen LogP contribution in [0.2, 0.25) is 5.02 Å². The lowest BCUT2D eigenvalue weighted by molar-refractivity contribution is 0.574. The lowest BCUT2D eigenvalue weighted by Crippen LogP contribution is -2.20. The SMILES string of the molecule is CCc1ccc(CC)c(C(NC)c2cccc(Cl)c2F)c1. The van der Waals surface area contributed by atoms with Crippen LogP contribution in [0.25, 0.3) is 0 Å². The summed E-state index contributed by atoms with van der Waals surface area (Å²) in [6, 6.07) is 11.4. The molecule has 1 unspecified atom stereocenters. The predicted octanol–water partition coefficient (Wildman–Crippen LogP) is 4.91. The van der Waals surface area contributed by atoms with Gasteiger partial charge in [0.2, 0.25) is 0 Å². The number of halogens is 2. The minimum absolute atomic E-state index is 0.164. The molecular formula is C18H21ClFN. The van der Waals surface area contributed by atoms with E-state index in [1.165, 1.54) is 11.1 Å². The molecule has 0 aromatic heterocycles. The third kappa shape index (κ3) is 3.28. The number of hydrogen-bond donors (Lipinski definition) is 1. The summed E-state index contributed by atoms with van der Waals surface area (Å²) in [5.41, 5.74) is 4.20. The molecule has 0 radical (unpaired) electrons. The molecule has 1 nitrogen and oxygen atoms in total. The number of hydrogen-bond acceptors (Lipinski definition) is 1. The van der Waals surface area contributed by atoms with Crippen LogP contribution in [-0.4, -0.2) is 7.05 Å². The highest BCUT2D eigenvalue weighted by atomic mass is 35.5. The molecule has 0 bridgehead atoms. The van der Waals surface area contributed by atoms with Crippen LogP contribution in [0, 0.1) is 5.82 Å². The van der Waals surface area contributed by atoms with Gasteiger partial charge in [-0.25, -0.2) is 4.39 Å². The molecule has 0 heterocycles. The fourth-order valence-corrected chi connectivity index (χ4v) is 2.86. The lowest BCUT2D eigenvalue weighted by atomic mass is 9.91. The molecule has 112 valence electrons. The molecule has 21 heavy (non-hydrogen) atoms. The van der Waals surface area contributed by atoms with Crippen LogP contribution in [0.5, 0.6) is 0 Å². The van der Waals surface area contributed by atoms with Crippen molar-refractivity contribution >= 4 is 11.6 Å². The maximum Gasteiger partial charge on any atom is 0.146 e. The first-order chi connectivity index (χ1) is 10.1. The molecule has 0 fully saturated rings. The Bertz CT molecular complexity index is 625. The molecule has 0 aliphatic rings. The molecule has 2 aromatic rings. The van der Waals surface area contributed by atoms with Gasteiger partial charge in [-0.2, -0.15) is 0 Å². The molecule has 0 aliphatic heterocycles. The summed E-state index contributed by atoms with van der Waals surface area (Å²) >= 11 is 5.93. The Hall–Kier alpha value is -1.38. The second-order valence-corrected chi connectivity index (χ2v) is 5.51. The van der Waals surface area contributed by atoms with Crippen molar-refractivity contribution in [3.63, 3.8) is 0 Å². The molecule has 2 rings (SSSR count). The van der Waals surface area contributed by atoms with E-state index in [1.54, 1.807) is 18.2 Å². The maximum absolute atomic E-state index is 14.4. The summed E-state index contributed by atoms with van der Waals surface area (Å²) in [4.78, 5) is 0. The van der Waals surface area contributed by atoms with Gasteiger partial charge >= 0.3 is 0 Å². The molecule has 2 aromatic carbocycles. The zero-order valence-electron chi connectivity index (χ0n) is 12.7. The second-order valence-electron chi connectivity index (χ2n) is 5.11. The Morgan fingerprint density at radius 2 is 1.86 bits per heavy atom. The Kier molecular flexibility index (Phi) is 5.38. The largest absolute Gasteiger partial charge is 0.309 e. The van der Waals surface area contributed by atoms with E-state index < -0.39 is 0 Å². The van der Waals surface area contributed by atoms with Crippen molar-refractivity contribution in [3.8, 4) is 0 Å². The average Bonchev–Trinajstić information content (AvgIpc) is 2.52. The molecule has 0 amide bonds. The van der Waals surface area contributed by atoms with E-state index in [0.717, 1.165) is 18.4 Å². The Labute approximate surface area is 131 Å². The zero-order valence-corrected chi connectivity index (χ0v) is 13.5. The van der Waals surface area contributed by atoms with Crippen molar-refractivity contribution in [2.45, 2.75) is 32.7 Å². The fourth-order valence-electron chi connectivity index (χ4n) is 2.68. The first-order valence-corrected chi connectivity index (χ1v) is 7.73. The second kappa shape index (κ2) is 7.06. The smallest absolute Gasteiger partial charge is 0.146 e. The van der Waals surface area contributed by atoms with Crippen LogP contribution in [-0.2, 0) is 12.8 Å². The summed E-state index contributed by atoms with van der Waals surface area (Å²) in [6.45, 7) is 4.24. The molecule has 0 aliphatic carbocycles. The van der Waals surface area contributed by atoms with Gasteiger partial charge in [0.25, 0.3) is 0 Å². The van der Waals surface area contributed by atoms with Crippen LogP contribution in [0.15, 0.2) is 36.4 Å². The van der Waals surface area contributed by atoms with Gasteiger partial charge < -0.3 is 5.32 Å². The molecule has 0 saturated heterocycles. The van der Waals surface area contributed by atoms with Gasteiger partial charge in [-0.1, -0.05) is 55.8 Å². The first kappa shape index (κ1) is 16.0. The van der Waals surface area contributed by atoms with Crippen molar-refractivity contribution in [2.75, 3.05) is 7.05 Å². The summed E-state index contributed by atoms with van der Waals surface area (Å²) < 4.78 is 14.4. The van der Waals surface area contributed by atoms with E-state index in [9.17, 15) is 4.39 Å². The minimum Gasteiger partial charge on any atom is -0.309 e. The van der Waals surface area contributed by atoms with E-state index in [2.05, 4.69) is 37.4 Å². The predicted molar refractivity (Wildman–Crippen MR) is 87.5 cm³/mol. The third-order valence-corrected chi connectivity index (χ3v) is 4.18. The maximum atomic E-state index is 14.4. The van der Waals surface area contributed by atoms with Gasteiger partial charge in [0, 0.05) is 5.56 Å². The highest BCUT2D eigenvalue weighted by molar-refractivity contribution is 6.30. The summed E-state index contributed by atoms with van der Waals surface area (Å²) in [6.07, 6.45) is 1.88. The fraction of sp³-hybridized carbons (Fsp3) is 0.333. The molecular weight excluding hydrogens is 285 g/mol. The van der Waals surface area contributed by atoms with E-state index in [4.69, 9.17) is 11.6 Å². The van der Waals surface area contributed by atoms with E-state index in [-0.39, 0.29) is 16.9 Å². The molecule has 3 heteroatoms. The Balaban J connectivity index is 2.57. The summed E-state index contributed by atoms with van der Waals surface area (Å²) in [7, 11) is 1.85. The van der Waals surface area contributed by atoms with Crippen molar-refractivity contribution in [1.82, 2.24) is 5.32 Å². The number of rotatable bonds is 5. The van der Waals surface area contributed by atoms with Crippen molar-refractivity contribution in [3.05, 3.63) is 69.5 Å². The lowest BCUT2D eigenvalue weighted by Gasteiger charge is -2.22. The highest BCUT2D eigenvalue weighted by Gasteiger charge is 2.20. The normalized spacial score (nSPS) is 12.4. The van der Waals surface area contributed by atoms with Crippen molar-refractivity contribution in [2.24, 2.45) is 0 Å². The molecule has 1 atom stereocenters. The van der Waals surface area contributed by atoms with Crippen LogP contribution in [0.3, 0.4) is 0 Å². The van der Waals surface area contributed by atoms with E-state index in [0.29, 0.717) is 5.56 Å². The number of benzene rings is 2. The van der Waals surface area contributed by atoms with E-state index >= 15 is 0 Å². The van der Waals surface area contributed by atoms with Crippen molar-refractivity contribution < 1.29 is 4.39 Å². The standard InChI is InChI=1S/C18H21ClFN/c1-4-12-9-10-13(5-2)15(11-12)18(21-3)14-7-6-8-16(19)17(14)20/h6-11,18,21H,4-5H2,1-3H3. The quantitative estimate of drug-likeness (QED) is 0.827. The van der Waals surface area contributed by atoms with Crippen LogP contribution < -0.4 is 5.32 Å². The zero-order chi connectivity index (χ0) is 15.4. The molecule has 0 spiro atoms. The van der Waals surface area contributed by atoms with Gasteiger partial charge in [-0.15, -0.1) is 0 Å². The van der Waals surface area contributed by atoms with Gasteiger partial charge in [0.1, 0.15) is 5.82 Å². The number of nitrogens with one attached hydrogen (secondary N) is 1. The van der Waals surface area contributed by atoms with Gasteiger partial charge in [0.05, 0.1) is 11.1 Å². The first-order valence-electron chi connectivity index (χ1n) is 7.35. The average molecular weight is 306 g/mol. The molecule has 1 N–H and O–H groups in total. The Morgan fingerprint density at radius 1 is 1.10 bits per heavy atom. The highest BCUT2D eigenvalue weighted by Crippen LogP contribution is 2.30. The van der Waals surface area contributed by atoms with Gasteiger partial charge in [-0.05, 0) is 42.6 Å². The van der Waals surface area contributed by atoms with E-state index in [1.807, 2.05) is 7.05 Å². The minimum atomic E-state index is -0.345. The Morgan fingerprint density at radius 3 is 2.48 bits per heavy atom. The summed E-state index contributed by atoms with van der Waals surface area (Å²) in [5.74, 6) is -0.345. The summed E-state index contributed by atoms with van der Waals surface area (Å²) in [5, 5.41) is 3.39. The molecule has 0 saturated carbocycles. The third-order valence-electron chi connectivity index (χ3n) is 3.89. The van der Waals surface area contributed by atoms with Crippen LogP contribution >= 0.6 is 11.6 Å². The van der Waals surface area contributed by atoms with Crippen LogP contribution in [0.4, 0.5) is 4.39 Å². The topological polar surface area (TPSA) is 12.0 Å². The number of aryl methyl sites for hydroxylation is 2. The van der Waals surface area contributed by atoms with Gasteiger partial charge in [0.15, 0.2) is 0 Å². The van der Waals surface area contributed by atoms with Gasteiger partial charge in [-0.3, -0.25) is 0 Å². The van der Waals surface area contributed by atoms with Crippen molar-refractivity contribution in [1.29, 1.82) is 0 Å². The monoisotopic (exact) mass is 305 g/mol. The van der Waals surface area contributed by atoms with Crippen LogP contribution in [0.1, 0.15) is 42.1 Å².